The molecule has 0 fully saturated rings. The van der Waals surface area contributed by atoms with Gasteiger partial charge in [-0.05, 0) is 77.0 Å². The van der Waals surface area contributed by atoms with E-state index < -0.39 is 6.10 Å². The van der Waals surface area contributed by atoms with Gasteiger partial charge in [-0.1, -0.05) is 242 Å². The molecule has 1 unspecified atom stereocenters. The van der Waals surface area contributed by atoms with E-state index in [-0.39, 0.29) is 25.2 Å². The molecule has 0 aliphatic carbocycles. The Bertz CT molecular complexity index is 1070. The molecule has 0 spiro atoms. The van der Waals surface area contributed by atoms with Gasteiger partial charge in [0.1, 0.15) is 6.61 Å². The Labute approximate surface area is 385 Å². The highest BCUT2D eigenvalue weighted by atomic mass is 16.6. The van der Waals surface area contributed by atoms with Crippen LogP contribution in [0.3, 0.4) is 0 Å². The van der Waals surface area contributed by atoms with Gasteiger partial charge in [0.2, 0.25) is 0 Å². The van der Waals surface area contributed by atoms with Crippen LogP contribution in [0.4, 0.5) is 0 Å². The molecule has 0 saturated heterocycles. The van der Waals surface area contributed by atoms with Gasteiger partial charge in [0.15, 0.2) is 6.10 Å². The van der Waals surface area contributed by atoms with Crippen LogP contribution in [0, 0.1) is 0 Å². The highest BCUT2D eigenvalue weighted by molar-refractivity contribution is 5.70. The number of carbonyl (C=O) groups excluding carboxylic acids is 2. The molecule has 0 amide bonds. The van der Waals surface area contributed by atoms with E-state index in [1.165, 1.54) is 180 Å². The number of rotatable bonds is 49. The summed E-state index contributed by atoms with van der Waals surface area (Å²) < 4.78 is 10.7. The molecular weight excluding hydrogens is 765 g/mol. The third kappa shape index (κ3) is 50.2. The predicted octanol–water partition coefficient (Wildman–Crippen LogP) is 17.9. The number of aliphatic hydroxyl groups is 1. The lowest BCUT2D eigenvalue weighted by Gasteiger charge is -2.15. The monoisotopic (exact) mass is 867 g/mol. The van der Waals surface area contributed by atoms with Crippen LogP contribution in [-0.2, 0) is 19.1 Å². The van der Waals surface area contributed by atoms with Crippen LogP contribution in [0.25, 0.3) is 0 Å². The quantitative estimate of drug-likeness (QED) is 0.0375. The summed E-state index contributed by atoms with van der Waals surface area (Å²) in [5, 5.41) is 9.64. The number of hydrogen-bond acceptors (Lipinski definition) is 5. The maximum Gasteiger partial charge on any atom is 0.306 e. The van der Waals surface area contributed by atoms with Crippen molar-refractivity contribution in [2.45, 2.75) is 277 Å². The van der Waals surface area contributed by atoms with Crippen LogP contribution in [0.1, 0.15) is 271 Å². The van der Waals surface area contributed by atoms with Gasteiger partial charge in [-0.15, -0.1) is 0 Å². The minimum absolute atomic E-state index is 0.0661. The molecule has 0 aliphatic heterocycles. The first-order valence-electron chi connectivity index (χ1n) is 26.8. The van der Waals surface area contributed by atoms with Crippen molar-refractivity contribution >= 4 is 11.9 Å². The van der Waals surface area contributed by atoms with Crippen LogP contribution in [0.15, 0.2) is 60.8 Å². The largest absolute Gasteiger partial charge is 0.462 e. The molecule has 0 saturated carbocycles. The van der Waals surface area contributed by atoms with E-state index in [4.69, 9.17) is 9.47 Å². The first kappa shape index (κ1) is 59.6. The average Bonchev–Trinajstić information content (AvgIpc) is 3.28. The van der Waals surface area contributed by atoms with Gasteiger partial charge in [-0.3, -0.25) is 9.59 Å². The molecule has 62 heavy (non-hydrogen) atoms. The normalized spacial score (nSPS) is 12.6. The summed E-state index contributed by atoms with van der Waals surface area (Å²) in [5.41, 5.74) is 0. The van der Waals surface area contributed by atoms with E-state index >= 15 is 0 Å². The standard InChI is InChI=1S/C57H102O5/c1-3-5-7-9-11-13-15-17-19-21-23-25-26-27-28-29-30-32-34-36-38-40-42-44-46-48-50-52-57(60)62-55(53-58)54-61-56(59)51-49-47-45-43-41-39-37-35-33-31-24-22-20-18-16-14-12-10-8-6-4-2/h5,7,11,13,17,19,22-25,55,58H,3-4,6,8-10,12,14-16,18,20-21,26-54H2,1-2H3/b7-5-,13-11-,19-17-,24-22-,25-23-. The summed E-state index contributed by atoms with van der Waals surface area (Å²) >= 11 is 0. The van der Waals surface area contributed by atoms with Crippen molar-refractivity contribution in [3.63, 3.8) is 0 Å². The van der Waals surface area contributed by atoms with Gasteiger partial charge in [0.05, 0.1) is 6.61 Å². The van der Waals surface area contributed by atoms with Crippen LogP contribution in [0.2, 0.25) is 0 Å². The molecule has 1 atom stereocenters. The molecule has 5 heteroatoms. The molecule has 360 valence electrons. The fraction of sp³-hybridized carbons (Fsp3) is 0.789. The molecule has 0 bridgehead atoms. The molecule has 0 aromatic heterocycles. The Balaban J connectivity index is 3.48. The maximum atomic E-state index is 12.3. The van der Waals surface area contributed by atoms with Crippen LogP contribution < -0.4 is 0 Å². The average molecular weight is 867 g/mol. The molecule has 0 radical (unpaired) electrons. The highest BCUT2D eigenvalue weighted by Gasteiger charge is 2.16. The first-order valence-corrected chi connectivity index (χ1v) is 26.8. The van der Waals surface area contributed by atoms with E-state index in [1.54, 1.807) is 0 Å². The smallest absolute Gasteiger partial charge is 0.306 e. The predicted molar refractivity (Wildman–Crippen MR) is 270 cm³/mol. The zero-order valence-electron chi connectivity index (χ0n) is 41.1. The van der Waals surface area contributed by atoms with Crippen molar-refractivity contribution in [1.29, 1.82) is 0 Å². The second-order valence-electron chi connectivity index (χ2n) is 17.9. The Morgan fingerprint density at radius 1 is 0.387 bits per heavy atom. The minimum Gasteiger partial charge on any atom is -0.462 e. The van der Waals surface area contributed by atoms with Crippen molar-refractivity contribution in [3.05, 3.63) is 60.8 Å². The van der Waals surface area contributed by atoms with Crippen molar-refractivity contribution < 1.29 is 24.2 Å². The van der Waals surface area contributed by atoms with E-state index in [0.717, 1.165) is 64.2 Å². The fourth-order valence-electron chi connectivity index (χ4n) is 7.78. The summed E-state index contributed by atoms with van der Waals surface area (Å²) in [5.74, 6) is -0.585. The minimum atomic E-state index is -0.774. The topological polar surface area (TPSA) is 72.8 Å². The van der Waals surface area contributed by atoms with Crippen LogP contribution >= 0.6 is 0 Å². The number of esters is 2. The van der Waals surface area contributed by atoms with Crippen molar-refractivity contribution in [2.75, 3.05) is 13.2 Å². The number of hydrogen-bond donors (Lipinski definition) is 1. The van der Waals surface area contributed by atoms with Gasteiger partial charge in [-0.25, -0.2) is 0 Å². The molecule has 0 rings (SSSR count). The van der Waals surface area contributed by atoms with Crippen LogP contribution in [0.5, 0.6) is 0 Å². The fourth-order valence-corrected chi connectivity index (χ4v) is 7.78. The Morgan fingerprint density at radius 3 is 1.06 bits per heavy atom. The lowest BCUT2D eigenvalue weighted by molar-refractivity contribution is -0.161. The summed E-state index contributed by atoms with van der Waals surface area (Å²) in [6.07, 6.45) is 70.4. The van der Waals surface area contributed by atoms with Gasteiger partial charge in [-0.2, -0.15) is 0 Å². The van der Waals surface area contributed by atoms with E-state index in [9.17, 15) is 14.7 Å². The number of ether oxygens (including phenoxy) is 2. The molecule has 0 aliphatic rings. The molecule has 0 heterocycles. The first-order chi connectivity index (χ1) is 30.6. The number of aliphatic hydroxyl groups excluding tert-OH is 1. The Morgan fingerprint density at radius 2 is 0.694 bits per heavy atom. The Hall–Kier alpha value is -2.40. The van der Waals surface area contributed by atoms with Gasteiger partial charge < -0.3 is 14.6 Å². The lowest BCUT2D eigenvalue weighted by atomic mass is 10.0. The number of carbonyl (C=O) groups is 2. The van der Waals surface area contributed by atoms with E-state index in [1.807, 2.05) is 0 Å². The summed E-state index contributed by atoms with van der Waals surface area (Å²) in [6.45, 7) is 4.05. The van der Waals surface area contributed by atoms with Gasteiger partial charge >= 0.3 is 11.9 Å². The SMILES string of the molecule is CC/C=C\C/C=C\C/C=C\C/C=C\CCCCCCCCCCCCCCCCC(=O)OC(CO)COC(=O)CCCCCCCCCCC/C=C\CCCCCCCCCC. The molecule has 5 nitrogen and oxygen atoms in total. The zero-order valence-corrected chi connectivity index (χ0v) is 41.1. The van der Waals surface area contributed by atoms with Gasteiger partial charge in [0.25, 0.3) is 0 Å². The second kappa shape index (κ2) is 52.9. The summed E-state index contributed by atoms with van der Waals surface area (Å²) in [4.78, 5) is 24.5. The zero-order chi connectivity index (χ0) is 44.9. The third-order valence-electron chi connectivity index (χ3n) is 11.8. The molecular formula is C57H102O5. The Kier molecular flexibility index (Phi) is 50.9. The summed E-state index contributed by atoms with van der Waals surface area (Å²) in [6, 6.07) is 0. The number of allylic oxidation sites excluding steroid dienone is 10. The number of unbranched alkanes of at least 4 members (excludes halogenated alkanes) is 31. The third-order valence-corrected chi connectivity index (χ3v) is 11.8. The molecule has 0 aromatic carbocycles. The van der Waals surface area contributed by atoms with Crippen molar-refractivity contribution in [3.8, 4) is 0 Å². The lowest BCUT2D eigenvalue weighted by Crippen LogP contribution is -2.28. The maximum absolute atomic E-state index is 12.3. The van der Waals surface area contributed by atoms with E-state index in [0.29, 0.717) is 12.8 Å². The van der Waals surface area contributed by atoms with E-state index in [2.05, 4.69) is 74.6 Å². The van der Waals surface area contributed by atoms with Crippen LogP contribution in [-0.4, -0.2) is 36.4 Å². The van der Waals surface area contributed by atoms with Crippen molar-refractivity contribution in [1.82, 2.24) is 0 Å². The highest BCUT2D eigenvalue weighted by Crippen LogP contribution is 2.16. The van der Waals surface area contributed by atoms with Gasteiger partial charge in [0, 0.05) is 12.8 Å². The van der Waals surface area contributed by atoms with Crippen molar-refractivity contribution in [2.24, 2.45) is 0 Å². The summed E-state index contributed by atoms with van der Waals surface area (Å²) in [7, 11) is 0. The second-order valence-corrected chi connectivity index (χ2v) is 17.9. The molecule has 0 aromatic rings. The molecule has 1 N–H and O–H groups in total.